The summed E-state index contributed by atoms with van der Waals surface area (Å²) in [5.41, 5.74) is 1.35. The molecule has 21 heavy (non-hydrogen) atoms. The maximum atomic E-state index is 12.6. The molecule has 0 bridgehead atoms. The summed E-state index contributed by atoms with van der Waals surface area (Å²) in [7, 11) is 1.59. The Balaban J connectivity index is 2.14. The van der Waals surface area contributed by atoms with Gasteiger partial charge in [0, 0.05) is 18.5 Å². The van der Waals surface area contributed by atoms with Crippen molar-refractivity contribution in [1.29, 1.82) is 0 Å². The molecule has 2 rings (SSSR count). The highest BCUT2D eigenvalue weighted by molar-refractivity contribution is 7.14. The molecule has 0 atom stereocenters. The fraction of sp³-hybridized carbons (Fsp3) is 0.625. The maximum absolute atomic E-state index is 12.6. The number of amides is 2. The monoisotopic (exact) mass is 308 g/mol. The molecule has 1 aromatic heterocycles. The van der Waals surface area contributed by atoms with Crippen molar-refractivity contribution in [2.45, 2.75) is 45.4 Å². The lowest BCUT2D eigenvalue weighted by molar-refractivity contribution is -0.121. The van der Waals surface area contributed by atoms with Gasteiger partial charge in [-0.05, 0) is 44.2 Å². The van der Waals surface area contributed by atoms with Gasteiger partial charge in [-0.15, -0.1) is 11.3 Å². The molecule has 1 N–H and O–H groups in total. The molecule has 0 saturated heterocycles. The van der Waals surface area contributed by atoms with Gasteiger partial charge in [0.25, 0.3) is 5.91 Å². The summed E-state index contributed by atoms with van der Waals surface area (Å²) in [6, 6.07) is 2.06. The first-order valence-corrected chi connectivity index (χ1v) is 8.58. The zero-order valence-corrected chi connectivity index (χ0v) is 13.7. The lowest BCUT2D eigenvalue weighted by atomic mass is 10.00. The molecule has 0 saturated carbocycles. The summed E-state index contributed by atoms with van der Waals surface area (Å²) in [4.78, 5) is 27.8. The Morgan fingerprint density at radius 2 is 1.95 bits per heavy atom. The summed E-state index contributed by atoms with van der Waals surface area (Å²) in [5, 5.41) is 2.57. The smallest absolute Gasteiger partial charge is 0.264 e. The van der Waals surface area contributed by atoms with E-state index < -0.39 is 0 Å². The van der Waals surface area contributed by atoms with Gasteiger partial charge in [-0.2, -0.15) is 0 Å². The number of hydrogen-bond acceptors (Lipinski definition) is 3. The van der Waals surface area contributed by atoms with Crippen molar-refractivity contribution in [3.8, 4) is 0 Å². The number of likely N-dealkylation sites (N-methyl/N-ethyl adjacent to an activating group) is 2. The van der Waals surface area contributed by atoms with E-state index in [1.807, 2.05) is 6.92 Å². The molecule has 1 heterocycles. The molecule has 0 unspecified atom stereocenters. The number of aryl methyl sites for hydroxylation is 2. The molecule has 1 aliphatic carbocycles. The lowest BCUT2D eigenvalue weighted by Gasteiger charge is -2.18. The van der Waals surface area contributed by atoms with E-state index in [4.69, 9.17) is 0 Å². The Morgan fingerprint density at radius 3 is 2.62 bits per heavy atom. The number of fused-ring (bicyclic) bond motifs is 1. The average Bonchev–Trinajstić information content (AvgIpc) is 2.86. The predicted molar refractivity (Wildman–Crippen MR) is 85.8 cm³/mol. The lowest BCUT2D eigenvalue weighted by Crippen LogP contribution is -2.39. The summed E-state index contributed by atoms with van der Waals surface area (Å²) in [6.45, 7) is 2.59. The second-order valence-corrected chi connectivity index (χ2v) is 6.60. The van der Waals surface area contributed by atoms with Crippen molar-refractivity contribution in [3.05, 3.63) is 21.4 Å². The number of carbonyl (C=O) groups excluding carboxylic acids is 2. The van der Waals surface area contributed by atoms with Crippen molar-refractivity contribution in [3.63, 3.8) is 0 Å². The van der Waals surface area contributed by atoms with Crippen LogP contribution >= 0.6 is 11.3 Å². The minimum absolute atomic E-state index is 0.0159. The number of nitrogens with zero attached hydrogens (tertiary/aromatic N) is 1. The predicted octanol–water partition coefficient (Wildman–Crippen LogP) is 2.62. The molecule has 0 aliphatic heterocycles. The van der Waals surface area contributed by atoms with Crippen LogP contribution in [0.5, 0.6) is 0 Å². The van der Waals surface area contributed by atoms with Crippen LogP contribution in [-0.2, 0) is 17.6 Å². The van der Waals surface area contributed by atoms with E-state index in [0.29, 0.717) is 6.54 Å². The van der Waals surface area contributed by atoms with Crippen LogP contribution in [0.2, 0.25) is 0 Å². The van der Waals surface area contributed by atoms with Crippen LogP contribution in [0.4, 0.5) is 0 Å². The third kappa shape index (κ3) is 4.06. The second kappa shape index (κ2) is 7.59. The van der Waals surface area contributed by atoms with Crippen LogP contribution in [0.3, 0.4) is 0 Å². The Kier molecular flexibility index (Phi) is 5.79. The van der Waals surface area contributed by atoms with Gasteiger partial charge in [0.1, 0.15) is 0 Å². The quantitative estimate of drug-likeness (QED) is 0.929. The van der Waals surface area contributed by atoms with Crippen LogP contribution < -0.4 is 5.32 Å². The van der Waals surface area contributed by atoms with Gasteiger partial charge < -0.3 is 10.2 Å². The zero-order chi connectivity index (χ0) is 15.2. The van der Waals surface area contributed by atoms with Gasteiger partial charge in [0.2, 0.25) is 5.91 Å². The van der Waals surface area contributed by atoms with Gasteiger partial charge in [0.15, 0.2) is 0 Å². The van der Waals surface area contributed by atoms with E-state index in [9.17, 15) is 9.59 Å². The Labute approximate surface area is 130 Å². The number of nitrogens with one attached hydrogen (secondary N) is 1. The largest absolute Gasteiger partial charge is 0.358 e. The van der Waals surface area contributed by atoms with Crippen molar-refractivity contribution >= 4 is 23.2 Å². The van der Waals surface area contributed by atoms with E-state index in [2.05, 4.69) is 11.4 Å². The van der Waals surface area contributed by atoms with Gasteiger partial charge in [0.05, 0.1) is 11.4 Å². The Bertz CT molecular complexity index is 485. The van der Waals surface area contributed by atoms with Crippen LogP contribution in [0.1, 0.15) is 52.7 Å². The van der Waals surface area contributed by atoms with E-state index in [-0.39, 0.29) is 18.4 Å². The molecule has 1 aromatic rings. The van der Waals surface area contributed by atoms with E-state index in [1.54, 1.807) is 23.3 Å². The number of hydrogen-bond donors (Lipinski definition) is 1. The van der Waals surface area contributed by atoms with Crippen LogP contribution in [0, 0.1) is 0 Å². The third-order valence-corrected chi connectivity index (χ3v) is 5.21. The van der Waals surface area contributed by atoms with Crippen molar-refractivity contribution in [2.24, 2.45) is 0 Å². The first-order valence-electron chi connectivity index (χ1n) is 7.77. The normalized spacial score (nSPS) is 14.8. The molecular weight excluding hydrogens is 284 g/mol. The van der Waals surface area contributed by atoms with Crippen LogP contribution in [0.15, 0.2) is 6.07 Å². The average molecular weight is 308 g/mol. The van der Waals surface area contributed by atoms with Gasteiger partial charge in [-0.25, -0.2) is 0 Å². The highest BCUT2D eigenvalue weighted by Gasteiger charge is 2.21. The number of rotatable bonds is 4. The van der Waals surface area contributed by atoms with Crippen molar-refractivity contribution in [2.75, 3.05) is 20.1 Å². The van der Waals surface area contributed by atoms with Crippen molar-refractivity contribution < 1.29 is 9.59 Å². The third-order valence-electron chi connectivity index (χ3n) is 3.99. The molecule has 0 spiro atoms. The zero-order valence-electron chi connectivity index (χ0n) is 12.9. The standard InChI is InChI=1S/C16H24N2O2S/c1-3-18(11-15(19)17-2)16(20)14-10-12-8-6-4-5-7-9-13(12)21-14/h10H,3-9,11H2,1-2H3,(H,17,19). The number of thiophene rings is 1. The molecule has 2 amide bonds. The molecule has 0 fully saturated rings. The number of carbonyl (C=O) groups is 2. The topological polar surface area (TPSA) is 49.4 Å². The van der Waals surface area contributed by atoms with Gasteiger partial charge in [-0.3, -0.25) is 9.59 Å². The summed E-state index contributed by atoms with van der Waals surface area (Å²) < 4.78 is 0. The first-order chi connectivity index (χ1) is 10.2. The molecule has 116 valence electrons. The van der Waals surface area contributed by atoms with Crippen molar-refractivity contribution in [1.82, 2.24) is 10.2 Å². The molecular formula is C16H24N2O2S. The van der Waals surface area contributed by atoms with Crippen LogP contribution in [-0.4, -0.2) is 36.9 Å². The molecule has 0 radical (unpaired) electrons. The first kappa shape index (κ1) is 16.0. The SMILES string of the molecule is CCN(CC(=O)NC)C(=O)c1cc2c(s1)CCCCCC2. The Hall–Kier alpha value is -1.36. The Morgan fingerprint density at radius 1 is 1.24 bits per heavy atom. The van der Waals surface area contributed by atoms with E-state index >= 15 is 0 Å². The van der Waals surface area contributed by atoms with Gasteiger partial charge >= 0.3 is 0 Å². The van der Waals surface area contributed by atoms with E-state index in [1.165, 1.54) is 36.1 Å². The molecule has 4 nitrogen and oxygen atoms in total. The fourth-order valence-corrected chi connectivity index (χ4v) is 3.91. The van der Waals surface area contributed by atoms with Gasteiger partial charge in [-0.1, -0.05) is 12.8 Å². The summed E-state index contributed by atoms with van der Waals surface area (Å²) >= 11 is 1.62. The van der Waals surface area contributed by atoms with E-state index in [0.717, 1.165) is 17.7 Å². The van der Waals surface area contributed by atoms with Crippen LogP contribution in [0.25, 0.3) is 0 Å². The summed E-state index contributed by atoms with van der Waals surface area (Å²) in [5.74, 6) is -0.141. The highest BCUT2D eigenvalue weighted by Crippen LogP contribution is 2.29. The molecule has 0 aromatic carbocycles. The maximum Gasteiger partial charge on any atom is 0.264 e. The summed E-state index contributed by atoms with van der Waals surface area (Å²) in [6.07, 6.45) is 7.19. The molecule has 5 heteroatoms. The minimum Gasteiger partial charge on any atom is -0.358 e. The fourth-order valence-electron chi connectivity index (χ4n) is 2.69. The second-order valence-electron chi connectivity index (χ2n) is 5.47. The minimum atomic E-state index is -0.125. The molecule has 1 aliphatic rings. The highest BCUT2D eigenvalue weighted by atomic mass is 32.1.